The molecular weight excluding hydrogens is 821 g/mol. The van der Waals surface area contributed by atoms with Gasteiger partial charge >= 0.3 is 0 Å². The van der Waals surface area contributed by atoms with Crippen molar-refractivity contribution < 1.29 is 0 Å². The Morgan fingerprint density at radius 3 is 1.03 bits per heavy atom. The number of para-hydroxylation sites is 2. The molecule has 0 aliphatic heterocycles. The van der Waals surface area contributed by atoms with Crippen molar-refractivity contribution in [1.82, 2.24) is 4.57 Å². The smallest absolute Gasteiger partial charge is 0.0541 e. The predicted molar refractivity (Wildman–Crippen MR) is 288 cm³/mol. The number of rotatable bonds is 10. The van der Waals surface area contributed by atoms with Crippen molar-refractivity contribution in [2.75, 3.05) is 4.90 Å². The summed E-state index contributed by atoms with van der Waals surface area (Å²) in [7, 11) is 0. The SMILES string of the molecule is c1ccc(-c2cccc(-c3cc(-c4ccccc4)cc(N(c4cccc(-c5ccccc5)c4)c4cccc(-c5cccc(-c6cccc(-n7c8ccccc8c8ccccc87)c6)c5)c4)c3)c2)cc1. The molecule has 2 nitrogen and oxygen atoms in total. The molecule has 0 unspecified atom stereocenters. The molecule has 0 atom stereocenters. The van der Waals surface area contributed by atoms with Gasteiger partial charge in [-0.05, 0) is 146 Å². The average molecular weight is 867 g/mol. The van der Waals surface area contributed by atoms with Gasteiger partial charge < -0.3 is 9.47 Å². The molecule has 1 aromatic heterocycles. The zero-order valence-electron chi connectivity index (χ0n) is 37.5. The van der Waals surface area contributed by atoms with Gasteiger partial charge in [-0.3, -0.25) is 0 Å². The van der Waals surface area contributed by atoms with Crippen LogP contribution in [0.25, 0.3) is 94.3 Å². The molecule has 11 aromatic carbocycles. The summed E-state index contributed by atoms with van der Waals surface area (Å²) in [5, 5.41) is 2.52. The van der Waals surface area contributed by atoms with Crippen LogP contribution in [0.15, 0.2) is 279 Å². The van der Waals surface area contributed by atoms with E-state index in [1.165, 1.54) is 55.2 Å². The summed E-state index contributed by atoms with van der Waals surface area (Å²) in [5.74, 6) is 0. The predicted octanol–water partition coefficient (Wildman–Crippen LogP) is 18.3. The van der Waals surface area contributed by atoms with Crippen LogP contribution in [0.4, 0.5) is 17.1 Å². The highest BCUT2D eigenvalue weighted by Gasteiger charge is 2.19. The topological polar surface area (TPSA) is 8.17 Å². The van der Waals surface area contributed by atoms with Crippen LogP contribution in [0.1, 0.15) is 0 Å². The Kier molecular flexibility index (Phi) is 10.6. The standard InChI is InChI=1S/C66H46N2/c1-4-19-47(20-5-1)50-25-14-28-53(39-50)58-41-57(49-23-8-3-9-24-49)45-62(46-58)67(59-32-16-29-54(42-59)48-21-6-2-7-22-48)60-33-17-30-55(43-60)51-26-15-27-52(40-51)56-31-18-34-61(44-56)68-65-37-12-10-35-63(65)64-36-11-13-38-66(64)68/h1-46H. The lowest BCUT2D eigenvalue weighted by Gasteiger charge is -2.28. The van der Waals surface area contributed by atoms with Gasteiger partial charge in [-0.1, -0.05) is 200 Å². The molecule has 0 aliphatic carbocycles. The molecule has 0 saturated heterocycles. The van der Waals surface area contributed by atoms with E-state index in [1.807, 2.05) is 0 Å². The monoisotopic (exact) mass is 866 g/mol. The lowest BCUT2D eigenvalue weighted by molar-refractivity contribution is 1.18. The Morgan fingerprint density at radius 1 is 0.206 bits per heavy atom. The van der Waals surface area contributed by atoms with Crippen molar-refractivity contribution in [3.05, 3.63) is 279 Å². The van der Waals surface area contributed by atoms with Crippen molar-refractivity contribution in [2.24, 2.45) is 0 Å². The van der Waals surface area contributed by atoms with Crippen LogP contribution in [0, 0.1) is 0 Å². The largest absolute Gasteiger partial charge is 0.310 e. The third kappa shape index (κ3) is 7.85. The van der Waals surface area contributed by atoms with Crippen molar-refractivity contribution in [3.63, 3.8) is 0 Å². The molecule has 0 spiro atoms. The van der Waals surface area contributed by atoms with Crippen LogP contribution >= 0.6 is 0 Å². The molecule has 0 fully saturated rings. The van der Waals surface area contributed by atoms with Gasteiger partial charge in [0.05, 0.1) is 11.0 Å². The Bertz CT molecular complexity index is 3680. The molecule has 0 bridgehead atoms. The Balaban J connectivity index is 0.988. The summed E-state index contributed by atoms with van der Waals surface area (Å²) in [6.07, 6.45) is 0. The molecule has 320 valence electrons. The summed E-state index contributed by atoms with van der Waals surface area (Å²) < 4.78 is 2.39. The average Bonchev–Trinajstić information content (AvgIpc) is 3.76. The highest BCUT2D eigenvalue weighted by atomic mass is 15.1. The number of benzene rings is 11. The molecule has 0 radical (unpaired) electrons. The van der Waals surface area contributed by atoms with Crippen LogP contribution in [0.3, 0.4) is 0 Å². The summed E-state index contributed by atoms with van der Waals surface area (Å²) in [4.78, 5) is 2.42. The minimum Gasteiger partial charge on any atom is -0.310 e. The van der Waals surface area contributed by atoms with Crippen LogP contribution in [-0.2, 0) is 0 Å². The lowest BCUT2D eigenvalue weighted by Crippen LogP contribution is -2.10. The molecule has 12 rings (SSSR count). The first-order valence-corrected chi connectivity index (χ1v) is 23.3. The second kappa shape index (κ2) is 17.8. The minimum absolute atomic E-state index is 1.07. The normalized spacial score (nSPS) is 11.2. The molecule has 0 N–H and O–H groups in total. The molecule has 1 heterocycles. The van der Waals surface area contributed by atoms with Gasteiger partial charge in [0.15, 0.2) is 0 Å². The zero-order valence-corrected chi connectivity index (χ0v) is 37.5. The van der Waals surface area contributed by atoms with Crippen molar-refractivity contribution in [2.45, 2.75) is 0 Å². The van der Waals surface area contributed by atoms with Crippen LogP contribution in [-0.4, -0.2) is 4.57 Å². The molecule has 0 amide bonds. The first-order chi connectivity index (χ1) is 33.7. The van der Waals surface area contributed by atoms with E-state index in [0.717, 1.165) is 56.1 Å². The highest BCUT2D eigenvalue weighted by Crippen LogP contribution is 2.43. The van der Waals surface area contributed by atoms with Crippen molar-refractivity contribution in [1.29, 1.82) is 0 Å². The van der Waals surface area contributed by atoms with Crippen molar-refractivity contribution >= 4 is 38.9 Å². The minimum atomic E-state index is 1.07. The fourth-order valence-corrected chi connectivity index (χ4v) is 9.84. The third-order valence-corrected chi connectivity index (χ3v) is 13.1. The molecule has 0 aliphatic rings. The molecular formula is C66H46N2. The van der Waals surface area contributed by atoms with E-state index in [-0.39, 0.29) is 0 Å². The summed E-state index contributed by atoms with van der Waals surface area (Å²) >= 11 is 0. The van der Waals surface area contributed by atoms with E-state index in [0.29, 0.717) is 0 Å². The number of nitrogens with zero attached hydrogens (tertiary/aromatic N) is 2. The third-order valence-electron chi connectivity index (χ3n) is 13.1. The Labute approximate surface area is 397 Å². The number of anilines is 3. The number of hydrogen-bond donors (Lipinski definition) is 0. The second-order valence-corrected chi connectivity index (χ2v) is 17.4. The Morgan fingerprint density at radius 2 is 0.515 bits per heavy atom. The van der Waals surface area contributed by atoms with Gasteiger partial charge in [-0.15, -0.1) is 0 Å². The fourth-order valence-electron chi connectivity index (χ4n) is 9.84. The second-order valence-electron chi connectivity index (χ2n) is 17.4. The fraction of sp³-hybridized carbons (Fsp3) is 0. The summed E-state index contributed by atoms with van der Waals surface area (Å²) in [5.41, 5.74) is 20.8. The zero-order chi connectivity index (χ0) is 45.2. The molecule has 68 heavy (non-hydrogen) atoms. The molecule has 12 aromatic rings. The maximum absolute atomic E-state index is 2.42. The lowest BCUT2D eigenvalue weighted by atomic mass is 9.94. The molecule has 0 saturated carbocycles. The van der Waals surface area contributed by atoms with Gasteiger partial charge in [0.1, 0.15) is 0 Å². The first-order valence-electron chi connectivity index (χ1n) is 23.3. The quantitative estimate of drug-likeness (QED) is 0.133. The summed E-state index contributed by atoms with van der Waals surface area (Å²) in [6, 6.07) is 101. The van der Waals surface area contributed by atoms with Gasteiger partial charge in [0, 0.05) is 33.5 Å². The molecule has 2 heteroatoms. The van der Waals surface area contributed by atoms with Crippen molar-refractivity contribution in [3.8, 4) is 72.4 Å². The van der Waals surface area contributed by atoms with Gasteiger partial charge in [0.25, 0.3) is 0 Å². The maximum Gasteiger partial charge on any atom is 0.0541 e. The van der Waals surface area contributed by atoms with E-state index in [1.54, 1.807) is 0 Å². The van der Waals surface area contributed by atoms with E-state index in [2.05, 4.69) is 289 Å². The van der Waals surface area contributed by atoms with E-state index in [9.17, 15) is 0 Å². The van der Waals surface area contributed by atoms with E-state index in [4.69, 9.17) is 0 Å². The number of aromatic nitrogens is 1. The number of fused-ring (bicyclic) bond motifs is 3. The highest BCUT2D eigenvalue weighted by molar-refractivity contribution is 6.09. The van der Waals surface area contributed by atoms with E-state index < -0.39 is 0 Å². The summed E-state index contributed by atoms with van der Waals surface area (Å²) in [6.45, 7) is 0. The van der Waals surface area contributed by atoms with Gasteiger partial charge in [-0.2, -0.15) is 0 Å². The Hall–Kier alpha value is -8.98. The first kappa shape index (κ1) is 40.5. The maximum atomic E-state index is 2.42. The van der Waals surface area contributed by atoms with E-state index >= 15 is 0 Å². The van der Waals surface area contributed by atoms with Gasteiger partial charge in [-0.25, -0.2) is 0 Å². The van der Waals surface area contributed by atoms with Crippen LogP contribution in [0.5, 0.6) is 0 Å². The van der Waals surface area contributed by atoms with Gasteiger partial charge in [0.2, 0.25) is 0 Å². The number of hydrogen-bond acceptors (Lipinski definition) is 1. The van der Waals surface area contributed by atoms with Crippen LogP contribution in [0.2, 0.25) is 0 Å². The van der Waals surface area contributed by atoms with Crippen LogP contribution < -0.4 is 4.90 Å².